The molecule has 2 aliphatic heterocycles. The summed E-state index contributed by atoms with van der Waals surface area (Å²) in [5, 5.41) is 11.9. The first-order valence-corrected chi connectivity index (χ1v) is 15.5. The Balaban J connectivity index is 1.23. The van der Waals surface area contributed by atoms with E-state index >= 15 is 0 Å². The second-order valence-electron chi connectivity index (χ2n) is 10.4. The molecule has 38 heavy (non-hydrogen) atoms. The fourth-order valence-electron chi connectivity index (χ4n) is 4.95. The topological polar surface area (TPSA) is 100 Å². The number of benzene rings is 2. The minimum Gasteiger partial charge on any atom is -0.488 e. The highest BCUT2D eigenvalue weighted by atomic mass is 32.2. The van der Waals surface area contributed by atoms with Gasteiger partial charge in [-0.1, -0.05) is 29.8 Å². The quantitative estimate of drug-likeness (QED) is 0.421. The summed E-state index contributed by atoms with van der Waals surface area (Å²) in [7, 11) is -2.87. The van der Waals surface area contributed by atoms with Crippen molar-refractivity contribution >= 4 is 32.3 Å². The molecule has 8 nitrogen and oxygen atoms in total. The van der Waals surface area contributed by atoms with E-state index < -0.39 is 15.8 Å². The molecule has 0 aliphatic carbocycles. The van der Waals surface area contributed by atoms with Gasteiger partial charge < -0.3 is 14.7 Å². The molecule has 10 heteroatoms. The molecule has 0 amide bonds. The number of hydrogen-bond acceptors (Lipinski definition) is 8. The van der Waals surface area contributed by atoms with E-state index in [1.807, 2.05) is 24.4 Å². The Morgan fingerprint density at radius 1 is 1.13 bits per heavy atom. The van der Waals surface area contributed by atoms with E-state index in [1.54, 1.807) is 11.3 Å². The number of hydrogen-bond donors (Lipinski definition) is 1. The minimum absolute atomic E-state index is 0.184. The summed E-state index contributed by atoms with van der Waals surface area (Å²) >= 11 is 1.57. The van der Waals surface area contributed by atoms with Gasteiger partial charge in [0.2, 0.25) is 0 Å². The first-order valence-electron chi connectivity index (χ1n) is 12.8. The Hall–Kier alpha value is -2.95. The Bertz CT molecular complexity index is 1420. The van der Waals surface area contributed by atoms with Crippen molar-refractivity contribution in [1.82, 2.24) is 9.88 Å². The zero-order valence-corrected chi connectivity index (χ0v) is 23.4. The predicted octanol–water partition coefficient (Wildman–Crippen LogP) is 4.15. The summed E-state index contributed by atoms with van der Waals surface area (Å²) in [5.41, 5.74) is 6.35. The number of nitrogens with zero attached hydrogens (tertiary/aromatic N) is 3. The smallest absolute Gasteiger partial charge is 0.303 e. The lowest BCUT2D eigenvalue weighted by Gasteiger charge is -2.38. The molecule has 3 heterocycles. The van der Waals surface area contributed by atoms with Gasteiger partial charge in [0.25, 0.3) is 0 Å². The molecular weight excluding hydrogens is 522 g/mol. The van der Waals surface area contributed by atoms with E-state index in [9.17, 15) is 13.2 Å². The van der Waals surface area contributed by atoms with Crippen LogP contribution in [0.3, 0.4) is 0 Å². The highest BCUT2D eigenvalue weighted by molar-refractivity contribution is 7.91. The molecule has 1 N–H and O–H groups in total. The van der Waals surface area contributed by atoms with Crippen LogP contribution in [0, 0.1) is 19.8 Å². The third-order valence-corrected chi connectivity index (χ3v) is 9.74. The zero-order chi connectivity index (χ0) is 26.9. The Morgan fingerprint density at radius 3 is 2.61 bits per heavy atom. The fraction of sp³-hybridized carbons (Fsp3) is 0.429. The van der Waals surface area contributed by atoms with E-state index in [0.717, 1.165) is 58.5 Å². The third-order valence-electron chi connectivity index (χ3n) is 7.23. The van der Waals surface area contributed by atoms with Crippen molar-refractivity contribution in [3.8, 4) is 17.0 Å². The SMILES string of the molecule is Cc1ccc(OCc2ccc(CN3CCS(=O)(=O)CC3)cc2C)c(-c2csc(N3CC(CC(=O)O)C3)n2)c1. The standard InChI is InChI=1S/C28H33N3O5S2/c1-19-3-6-26(24(11-19)25-18-37-28(29-25)31-15-22(16-31)13-27(32)33)36-17-23-5-4-21(12-20(23)2)14-30-7-9-38(34,35)10-8-30/h3-6,11-12,18,22H,7-10,13-17H2,1-2H3,(H,32,33). The summed E-state index contributed by atoms with van der Waals surface area (Å²) in [5.74, 6) is 0.683. The number of aromatic nitrogens is 1. The average Bonchev–Trinajstić information content (AvgIpc) is 3.32. The summed E-state index contributed by atoms with van der Waals surface area (Å²) in [6, 6.07) is 12.5. The second-order valence-corrected chi connectivity index (χ2v) is 13.5. The monoisotopic (exact) mass is 555 g/mol. The number of rotatable bonds is 9. The van der Waals surface area contributed by atoms with E-state index in [-0.39, 0.29) is 23.8 Å². The molecule has 2 aliphatic rings. The first kappa shape index (κ1) is 26.6. The second kappa shape index (κ2) is 11.0. The number of anilines is 1. The zero-order valence-electron chi connectivity index (χ0n) is 21.7. The number of sulfone groups is 1. The predicted molar refractivity (Wildman–Crippen MR) is 150 cm³/mol. The molecule has 2 aromatic carbocycles. The van der Waals surface area contributed by atoms with Crippen LogP contribution in [0.15, 0.2) is 41.8 Å². The lowest BCUT2D eigenvalue weighted by Crippen LogP contribution is -2.47. The maximum atomic E-state index is 11.7. The van der Waals surface area contributed by atoms with Gasteiger partial charge in [0.1, 0.15) is 12.4 Å². The molecule has 0 atom stereocenters. The molecular formula is C28H33N3O5S2. The van der Waals surface area contributed by atoms with E-state index in [1.165, 1.54) is 5.56 Å². The van der Waals surface area contributed by atoms with Crippen LogP contribution in [0.1, 0.15) is 28.7 Å². The van der Waals surface area contributed by atoms with Gasteiger partial charge in [0.15, 0.2) is 15.0 Å². The summed E-state index contributed by atoms with van der Waals surface area (Å²) < 4.78 is 29.7. The van der Waals surface area contributed by atoms with Crippen molar-refractivity contribution in [3.05, 3.63) is 64.0 Å². The highest BCUT2D eigenvalue weighted by Gasteiger charge is 2.30. The van der Waals surface area contributed by atoms with Crippen molar-refractivity contribution in [2.75, 3.05) is 42.6 Å². The van der Waals surface area contributed by atoms with Crippen LogP contribution >= 0.6 is 11.3 Å². The molecule has 3 aromatic rings. The van der Waals surface area contributed by atoms with Crippen molar-refractivity contribution in [1.29, 1.82) is 0 Å². The number of carbonyl (C=O) groups is 1. The number of carboxylic acid groups (broad SMARTS) is 1. The van der Waals surface area contributed by atoms with E-state index in [0.29, 0.717) is 19.7 Å². The van der Waals surface area contributed by atoms with Crippen molar-refractivity contribution in [2.24, 2.45) is 5.92 Å². The van der Waals surface area contributed by atoms with Gasteiger partial charge in [-0.05, 0) is 42.7 Å². The lowest BCUT2D eigenvalue weighted by atomic mass is 9.97. The summed E-state index contributed by atoms with van der Waals surface area (Å²) in [4.78, 5) is 20.1. The molecule has 2 fully saturated rings. The van der Waals surface area contributed by atoms with Crippen LogP contribution < -0.4 is 9.64 Å². The number of thiazole rings is 1. The molecule has 0 radical (unpaired) electrons. The molecule has 2 saturated heterocycles. The Kier molecular flexibility index (Phi) is 7.74. The van der Waals surface area contributed by atoms with E-state index in [4.69, 9.17) is 14.8 Å². The van der Waals surface area contributed by atoms with Gasteiger partial charge in [-0.3, -0.25) is 9.69 Å². The van der Waals surface area contributed by atoms with Crippen molar-refractivity contribution in [3.63, 3.8) is 0 Å². The van der Waals surface area contributed by atoms with Crippen LogP contribution in [-0.4, -0.2) is 67.1 Å². The summed E-state index contributed by atoms with van der Waals surface area (Å²) in [6.07, 6.45) is 0.202. The van der Waals surface area contributed by atoms with Crippen LogP contribution in [0.25, 0.3) is 11.3 Å². The Labute approximate surface area is 227 Å². The summed E-state index contributed by atoms with van der Waals surface area (Å²) in [6.45, 7) is 7.93. The van der Waals surface area contributed by atoms with Crippen molar-refractivity contribution in [2.45, 2.75) is 33.4 Å². The van der Waals surface area contributed by atoms with E-state index in [2.05, 4.69) is 41.0 Å². The number of ether oxygens (including phenoxy) is 1. The molecule has 0 saturated carbocycles. The average molecular weight is 556 g/mol. The van der Waals surface area contributed by atoms with Crippen LogP contribution in [-0.2, 0) is 27.8 Å². The van der Waals surface area contributed by atoms with Gasteiger partial charge in [-0.25, -0.2) is 13.4 Å². The largest absolute Gasteiger partial charge is 0.488 e. The normalized spacial score (nSPS) is 17.8. The van der Waals surface area contributed by atoms with Gasteiger partial charge in [-0.15, -0.1) is 11.3 Å². The first-order chi connectivity index (χ1) is 18.1. The van der Waals surface area contributed by atoms with Gasteiger partial charge in [0.05, 0.1) is 23.6 Å². The number of carboxylic acids is 1. The van der Waals surface area contributed by atoms with Gasteiger partial charge >= 0.3 is 5.97 Å². The Morgan fingerprint density at radius 2 is 1.89 bits per heavy atom. The maximum absolute atomic E-state index is 11.7. The van der Waals surface area contributed by atoms with Gasteiger partial charge in [0, 0.05) is 49.6 Å². The van der Waals surface area contributed by atoms with Crippen LogP contribution in [0.2, 0.25) is 0 Å². The third kappa shape index (κ3) is 6.36. The van der Waals surface area contributed by atoms with Crippen molar-refractivity contribution < 1.29 is 23.1 Å². The number of aryl methyl sites for hydroxylation is 2. The highest BCUT2D eigenvalue weighted by Crippen LogP contribution is 2.37. The molecule has 5 rings (SSSR count). The lowest BCUT2D eigenvalue weighted by molar-refractivity contribution is -0.138. The molecule has 202 valence electrons. The molecule has 0 unspecified atom stereocenters. The van der Waals surface area contributed by atoms with Crippen LogP contribution in [0.4, 0.5) is 5.13 Å². The van der Waals surface area contributed by atoms with Crippen LogP contribution in [0.5, 0.6) is 5.75 Å². The fourth-order valence-corrected chi connectivity index (χ4v) is 7.07. The number of aliphatic carboxylic acids is 1. The maximum Gasteiger partial charge on any atom is 0.303 e. The molecule has 0 spiro atoms. The molecule has 1 aromatic heterocycles. The van der Waals surface area contributed by atoms with Gasteiger partial charge in [-0.2, -0.15) is 0 Å². The minimum atomic E-state index is -2.87. The molecule has 0 bridgehead atoms.